The molecule has 4 aromatic rings. The predicted octanol–water partition coefficient (Wildman–Crippen LogP) is 4.95. The molecule has 8 heteroatoms. The molecule has 3 aromatic carbocycles. The summed E-state index contributed by atoms with van der Waals surface area (Å²) in [5, 5.41) is 10.3. The quantitative estimate of drug-likeness (QED) is 0.337. The SMILES string of the molecule is COc1ccc(NC(=O)Cc2ccc(-c3ccc(-c4noc(C)n4)cc3C)cc2)cc1OCC1CCN1. The Bertz CT molecular complexity index is 1390. The number of anilines is 1. The molecular formula is C29H30N4O4. The third kappa shape index (κ3) is 5.81. The Morgan fingerprint density at radius 2 is 1.84 bits per heavy atom. The van der Waals surface area contributed by atoms with Crippen LogP contribution in [0.4, 0.5) is 5.69 Å². The molecule has 1 amide bonds. The van der Waals surface area contributed by atoms with Crippen molar-refractivity contribution >= 4 is 11.6 Å². The highest BCUT2D eigenvalue weighted by molar-refractivity contribution is 5.92. The van der Waals surface area contributed by atoms with Crippen LogP contribution in [0.5, 0.6) is 11.5 Å². The highest BCUT2D eigenvalue weighted by atomic mass is 16.5. The molecule has 0 bridgehead atoms. The lowest BCUT2D eigenvalue weighted by atomic mass is 9.97. The van der Waals surface area contributed by atoms with E-state index in [0.29, 0.717) is 41.6 Å². The van der Waals surface area contributed by atoms with Gasteiger partial charge in [-0.2, -0.15) is 4.98 Å². The largest absolute Gasteiger partial charge is 0.493 e. The molecule has 190 valence electrons. The Morgan fingerprint density at radius 1 is 1.05 bits per heavy atom. The fraction of sp³-hybridized carbons (Fsp3) is 0.276. The van der Waals surface area contributed by atoms with Gasteiger partial charge in [0.1, 0.15) is 6.61 Å². The van der Waals surface area contributed by atoms with Gasteiger partial charge < -0.3 is 24.6 Å². The number of aromatic nitrogens is 2. The van der Waals surface area contributed by atoms with Crippen LogP contribution in [0.1, 0.15) is 23.4 Å². The van der Waals surface area contributed by atoms with Gasteiger partial charge >= 0.3 is 0 Å². The highest BCUT2D eigenvalue weighted by Gasteiger charge is 2.18. The van der Waals surface area contributed by atoms with E-state index in [1.807, 2.05) is 36.4 Å². The molecule has 1 unspecified atom stereocenters. The minimum absolute atomic E-state index is 0.0968. The standard InChI is InChI=1S/C29H30N4O4/c1-18-14-22(29-31-19(2)37-33-29)8-10-25(18)21-6-4-20(5-7-21)15-28(34)32-23-9-11-26(35-3)27(16-23)36-17-24-12-13-30-24/h4-11,14,16,24,30H,12-13,15,17H2,1-3H3,(H,32,34). The molecule has 1 atom stereocenters. The van der Waals surface area contributed by atoms with Gasteiger partial charge in [-0.15, -0.1) is 0 Å². The Kier molecular flexibility index (Phi) is 7.18. The Hall–Kier alpha value is -4.17. The van der Waals surface area contributed by atoms with E-state index in [1.165, 1.54) is 0 Å². The van der Waals surface area contributed by atoms with Gasteiger partial charge in [-0.3, -0.25) is 4.79 Å². The second-order valence-electron chi connectivity index (χ2n) is 9.20. The number of nitrogens with one attached hydrogen (secondary N) is 2. The number of hydrogen-bond donors (Lipinski definition) is 2. The van der Waals surface area contributed by atoms with Crippen molar-refractivity contribution < 1.29 is 18.8 Å². The third-order valence-electron chi connectivity index (χ3n) is 6.46. The molecule has 1 fully saturated rings. The summed E-state index contributed by atoms with van der Waals surface area (Å²) in [6.45, 7) is 5.42. The smallest absolute Gasteiger partial charge is 0.228 e. The lowest BCUT2D eigenvalue weighted by Gasteiger charge is -2.27. The lowest BCUT2D eigenvalue weighted by molar-refractivity contribution is -0.115. The fourth-order valence-corrected chi connectivity index (χ4v) is 4.28. The van der Waals surface area contributed by atoms with Gasteiger partial charge in [-0.25, -0.2) is 0 Å². The number of carbonyl (C=O) groups is 1. The summed E-state index contributed by atoms with van der Waals surface area (Å²) in [6.07, 6.45) is 1.37. The van der Waals surface area contributed by atoms with E-state index in [4.69, 9.17) is 14.0 Å². The zero-order chi connectivity index (χ0) is 25.8. The van der Waals surface area contributed by atoms with Crippen molar-refractivity contribution in [3.8, 4) is 34.0 Å². The minimum atomic E-state index is -0.0968. The summed E-state index contributed by atoms with van der Waals surface area (Å²) in [5.74, 6) is 2.29. The predicted molar refractivity (Wildman–Crippen MR) is 142 cm³/mol. The second-order valence-corrected chi connectivity index (χ2v) is 9.20. The lowest BCUT2D eigenvalue weighted by Crippen LogP contribution is -2.46. The van der Waals surface area contributed by atoms with Crippen LogP contribution in [-0.4, -0.2) is 42.4 Å². The van der Waals surface area contributed by atoms with E-state index in [1.54, 1.807) is 26.2 Å². The number of methoxy groups -OCH3 is 1. The average Bonchev–Trinajstić information content (AvgIpc) is 3.30. The van der Waals surface area contributed by atoms with E-state index in [-0.39, 0.29) is 12.3 Å². The normalized spacial score (nSPS) is 14.6. The van der Waals surface area contributed by atoms with Gasteiger partial charge in [0.25, 0.3) is 0 Å². The molecule has 0 saturated carbocycles. The van der Waals surface area contributed by atoms with Crippen LogP contribution in [0.3, 0.4) is 0 Å². The van der Waals surface area contributed by atoms with Crippen molar-refractivity contribution in [2.75, 3.05) is 25.6 Å². The Morgan fingerprint density at radius 3 is 2.49 bits per heavy atom. The molecule has 1 aliphatic rings. The number of hydrogen-bond acceptors (Lipinski definition) is 7. The van der Waals surface area contributed by atoms with Crippen molar-refractivity contribution in [2.24, 2.45) is 0 Å². The molecule has 0 radical (unpaired) electrons. The van der Waals surface area contributed by atoms with E-state index >= 15 is 0 Å². The first-order valence-corrected chi connectivity index (χ1v) is 12.3. The van der Waals surface area contributed by atoms with Gasteiger partial charge in [-0.05, 0) is 60.3 Å². The summed E-state index contributed by atoms with van der Waals surface area (Å²) in [5.41, 5.74) is 5.82. The maximum atomic E-state index is 12.7. The molecule has 2 heterocycles. The topological polar surface area (TPSA) is 98.5 Å². The minimum Gasteiger partial charge on any atom is -0.493 e. The van der Waals surface area contributed by atoms with Crippen LogP contribution in [0.2, 0.25) is 0 Å². The Balaban J connectivity index is 1.22. The average molecular weight is 499 g/mol. The molecule has 2 N–H and O–H groups in total. The molecule has 37 heavy (non-hydrogen) atoms. The van der Waals surface area contributed by atoms with Crippen LogP contribution in [0.15, 0.2) is 65.2 Å². The molecule has 1 saturated heterocycles. The van der Waals surface area contributed by atoms with Crippen LogP contribution in [0, 0.1) is 13.8 Å². The first kappa shape index (κ1) is 24.5. The summed E-state index contributed by atoms with van der Waals surface area (Å²) < 4.78 is 16.4. The van der Waals surface area contributed by atoms with Crippen molar-refractivity contribution in [3.05, 3.63) is 77.7 Å². The molecule has 8 nitrogen and oxygen atoms in total. The van der Waals surface area contributed by atoms with Crippen molar-refractivity contribution in [3.63, 3.8) is 0 Å². The Labute approximate surface area is 216 Å². The van der Waals surface area contributed by atoms with Crippen LogP contribution >= 0.6 is 0 Å². The second kappa shape index (κ2) is 10.8. The first-order valence-electron chi connectivity index (χ1n) is 12.3. The van der Waals surface area contributed by atoms with E-state index < -0.39 is 0 Å². The van der Waals surface area contributed by atoms with Crippen LogP contribution < -0.4 is 20.1 Å². The maximum Gasteiger partial charge on any atom is 0.228 e. The van der Waals surface area contributed by atoms with Crippen molar-refractivity contribution in [1.82, 2.24) is 15.5 Å². The summed E-state index contributed by atoms with van der Waals surface area (Å²) in [7, 11) is 1.61. The zero-order valence-electron chi connectivity index (χ0n) is 21.2. The molecule has 1 aliphatic heterocycles. The van der Waals surface area contributed by atoms with Crippen LogP contribution in [0.25, 0.3) is 22.5 Å². The van der Waals surface area contributed by atoms with Crippen molar-refractivity contribution in [2.45, 2.75) is 32.7 Å². The van der Waals surface area contributed by atoms with E-state index in [0.717, 1.165) is 40.8 Å². The van der Waals surface area contributed by atoms with E-state index in [9.17, 15) is 4.79 Å². The summed E-state index contributed by atoms with van der Waals surface area (Å²) in [6, 6.07) is 19.9. The monoisotopic (exact) mass is 498 g/mol. The first-order chi connectivity index (χ1) is 18.0. The molecule has 5 rings (SSSR count). The molecule has 0 aliphatic carbocycles. The number of rotatable bonds is 9. The zero-order valence-corrected chi connectivity index (χ0v) is 21.2. The summed E-state index contributed by atoms with van der Waals surface area (Å²) in [4.78, 5) is 17.0. The highest BCUT2D eigenvalue weighted by Crippen LogP contribution is 2.31. The van der Waals surface area contributed by atoms with Gasteiger partial charge in [0, 0.05) is 30.3 Å². The fourth-order valence-electron chi connectivity index (χ4n) is 4.28. The van der Waals surface area contributed by atoms with Crippen LogP contribution in [-0.2, 0) is 11.2 Å². The molecule has 0 spiro atoms. The van der Waals surface area contributed by atoms with Gasteiger partial charge in [-0.1, -0.05) is 41.6 Å². The van der Waals surface area contributed by atoms with Gasteiger partial charge in [0.2, 0.25) is 17.6 Å². The number of aryl methyl sites for hydroxylation is 2. The van der Waals surface area contributed by atoms with Gasteiger partial charge in [0.05, 0.1) is 13.5 Å². The van der Waals surface area contributed by atoms with E-state index in [2.05, 4.69) is 39.8 Å². The van der Waals surface area contributed by atoms with Gasteiger partial charge in [0.15, 0.2) is 11.5 Å². The van der Waals surface area contributed by atoms with Crippen molar-refractivity contribution in [1.29, 1.82) is 0 Å². The number of amides is 1. The number of ether oxygens (including phenoxy) is 2. The maximum absolute atomic E-state index is 12.7. The molecule has 1 aromatic heterocycles. The number of carbonyl (C=O) groups excluding carboxylic acids is 1. The molecular weight excluding hydrogens is 468 g/mol. The third-order valence-corrected chi connectivity index (χ3v) is 6.46. The number of benzene rings is 3. The number of nitrogens with zero attached hydrogens (tertiary/aromatic N) is 2. The summed E-state index contributed by atoms with van der Waals surface area (Å²) >= 11 is 0.